The van der Waals surface area contributed by atoms with Crippen LogP contribution in [0.2, 0.25) is 0 Å². The van der Waals surface area contributed by atoms with Gasteiger partial charge in [0.1, 0.15) is 11.5 Å². The third-order valence-corrected chi connectivity index (χ3v) is 5.29. The van der Waals surface area contributed by atoms with Gasteiger partial charge in [-0.1, -0.05) is 23.4 Å². The Morgan fingerprint density at radius 2 is 1.81 bits per heavy atom. The number of aromatic nitrogens is 2. The Hall–Kier alpha value is -2.91. The van der Waals surface area contributed by atoms with E-state index in [1.165, 1.54) is 26.4 Å². The summed E-state index contributed by atoms with van der Waals surface area (Å²) < 4.78 is 43.6. The molecule has 1 heterocycles. The van der Waals surface area contributed by atoms with Gasteiger partial charge < -0.3 is 14.0 Å². The minimum absolute atomic E-state index is 0.0654. The quantitative estimate of drug-likeness (QED) is 0.662. The summed E-state index contributed by atoms with van der Waals surface area (Å²) in [5, 5.41) is 3.84. The maximum atomic E-state index is 12.7. The Kier molecular flexibility index (Phi) is 5.43. The van der Waals surface area contributed by atoms with Crippen molar-refractivity contribution in [3.05, 3.63) is 53.9 Å². The van der Waals surface area contributed by atoms with Crippen LogP contribution in [0.5, 0.6) is 11.5 Å². The Morgan fingerprint density at radius 3 is 2.48 bits per heavy atom. The molecule has 0 spiro atoms. The van der Waals surface area contributed by atoms with Gasteiger partial charge in [0.2, 0.25) is 21.7 Å². The molecule has 0 atom stereocenters. The van der Waals surface area contributed by atoms with E-state index < -0.39 is 10.0 Å². The zero-order valence-corrected chi connectivity index (χ0v) is 15.9. The molecule has 0 saturated carbocycles. The molecule has 0 aliphatic carbocycles. The topological polar surface area (TPSA) is 104 Å². The summed E-state index contributed by atoms with van der Waals surface area (Å²) >= 11 is 0. The van der Waals surface area contributed by atoms with Crippen molar-refractivity contribution in [3.8, 4) is 22.9 Å². The molecular formula is C18H19N3O5S. The van der Waals surface area contributed by atoms with Crippen LogP contribution in [0, 0.1) is 6.92 Å². The summed E-state index contributed by atoms with van der Waals surface area (Å²) in [7, 11) is -0.756. The van der Waals surface area contributed by atoms with Crippen molar-refractivity contribution in [2.45, 2.75) is 18.4 Å². The lowest BCUT2D eigenvalue weighted by molar-refractivity contribution is 0.392. The molecule has 0 unspecified atom stereocenters. The van der Waals surface area contributed by atoms with Gasteiger partial charge in [-0.25, -0.2) is 13.1 Å². The van der Waals surface area contributed by atoms with E-state index in [0.717, 1.165) is 5.56 Å². The lowest BCUT2D eigenvalue weighted by atomic mass is 10.2. The number of hydrogen-bond donors (Lipinski definition) is 1. The number of nitrogens with one attached hydrogen (secondary N) is 1. The molecule has 0 amide bonds. The number of para-hydroxylation sites is 1. The lowest BCUT2D eigenvalue weighted by Crippen LogP contribution is -2.23. The van der Waals surface area contributed by atoms with E-state index >= 15 is 0 Å². The van der Waals surface area contributed by atoms with Crippen molar-refractivity contribution < 1.29 is 22.4 Å². The molecule has 0 saturated heterocycles. The Morgan fingerprint density at radius 1 is 1.07 bits per heavy atom. The highest BCUT2D eigenvalue weighted by Gasteiger charge is 2.20. The second-order valence-corrected chi connectivity index (χ2v) is 7.40. The standard InChI is InChI=1S/C18H19N3O5S/c1-12-20-18(21-26-12)15-10-14(8-9-17(15)25-3)27(22,23)19-11-13-6-4-5-7-16(13)24-2/h4-10,19H,11H2,1-3H3. The summed E-state index contributed by atoms with van der Waals surface area (Å²) in [4.78, 5) is 4.20. The molecule has 1 N–H and O–H groups in total. The molecule has 0 fully saturated rings. The molecule has 2 aromatic carbocycles. The highest BCUT2D eigenvalue weighted by molar-refractivity contribution is 7.89. The van der Waals surface area contributed by atoms with Gasteiger partial charge in [0.25, 0.3) is 0 Å². The first-order valence-corrected chi connectivity index (χ1v) is 9.53. The summed E-state index contributed by atoms with van der Waals surface area (Å²) in [6, 6.07) is 11.7. The SMILES string of the molecule is COc1ccccc1CNS(=O)(=O)c1ccc(OC)c(-c2noc(C)n2)c1. The van der Waals surface area contributed by atoms with Crippen LogP contribution < -0.4 is 14.2 Å². The van der Waals surface area contributed by atoms with Crippen molar-refractivity contribution in [3.63, 3.8) is 0 Å². The summed E-state index contributed by atoms with van der Waals surface area (Å²) in [6.45, 7) is 1.74. The predicted octanol–water partition coefficient (Wildman–Crippen LogP) is 2.54. The van der Waals surface area contributed by atoms with Crippen LogP contribution in [0.3, 0.4) is 0 Å². The van der Waals surface area contributed by atoms with Gasteiger partial charge in [0.15, 0.2) is 0 Å². The first-order chi connectivity index (χ1) is 12.9. The van der Waals surface area contributed by atoms with Crippen molar-refractivity contribution in [2.75, 3.05) is 14.2 Å². The summed E-state index contributed by atoms with van der Waals surface area (Å²) in [5.74, 6) is 1.68. The zero-order chi connectivity index (χ0) is 19.4. The number of sulfonamides is 1. The number of methoxy groups -OCH3 is 2. The third-order valence-electron chi connectivity index (χ3n) is 3.89. The minimum atomic E-state index is -3.78. The lowest BCUT2D eigenvalue weighted by Gasteiger charge is -2.12. The fourth-order valence-corrected chi connectivity index (χ4v) is 3.58. The van der Waals surface area contributed by atoms with Crippen LogP contribution in [0.4, 0.5) is 0 Å². The molecule has 142 valence electrons. The van der Waals surface area contributed by atoms with Crippen molar-refractivity contribution in [1.29, 1.82) is 0 Å². The fraction of sp³-hybridized carbons (Fsp3) is 0.222. The van der Waals surface area contributed by atoms with E-state index in [-0.39, 0.29) is 17.3 Å². The molecule has 8 nitrogen and oxygen atoms in total. The first kappa shape index (κ1) is 18.9. The van der Waals surface area contributed by atoms with Gasteiger partial charge in [-0.2, -0.15) is 4.98 Å². The van der Waals surface area contributed by atoms with E-state index in [9.17, 15) is 8.42 Å². The number of hydrogen-bond acceptors (Lipinski definition) is 7. The largest absolute Gasteiger partial charge is 0.496 e. The van der Waals surface area contributed by atoms with Crippen LogP contribution >= 0.6 is 0 Å². The van der Waals surface area contributed by atoms with Gasteiger partial charge >= 0.3 is 0 Å². The number of ether oxygens (including phenoxy) is 2. The normalized spacial score (nSPS) is 11.4. The van der Waals surface area contributed by atoms with E-state index in [4.69, 9.17) is 14.0 Å². The van der Waals surface area contributed by atoms with Gasteiger partial charge in [-0.3, -0.25) is 0 Å². The Labute approximate surface area is 157 Å². The van der Waals surface area contributed by atoms with Gasteiger partial charge in [-0.15, -0.1) is 0 Å². The number of benzene rings is 2. The number of nitrogens with zero attached hydrogens (tertiary/aromatic N) is 2. The molecule has 3 rings (SSSR count). The molecular weight excluding hydrogens is 370 g/mol. The van der Waals surface area contributed by atoms with Crippen LogP contribution in [0.1, 0.15) is 11.5 Å². The van der Waals surface area contributed by atoms with Crippen molar-refractivity contribution >= 4 is 10.0 Å². The maximum Gasteiger partial charge on any atom is 0.240 e. The van der Waals surface area contributed by atoms with Crippen LogP contribution in [-0.4, -0.2) is 32.8 Å². The van der Waals surface area contributed by atoms with Crippen LogP contribution in [-0.2, 0) is 16.6 Å². The molecule has 0 radical (unpaired) electrons. The predicted molar refractivity (Wildman–Crippen MR) is 98.0 cm³/mol. The summed E-state index contributed by atoms with van der Waals surface area (Å²) in [6.07, 6.45) is 0. The zero-order valence-electron chi connectivity index (χ0n) is 15.1. The molecule has 1 aromatic heterocycles. The molecule has 0 bridgehead atoms. The molecule has 0 aliphatic heterocycles. The third kappa shape index (κ3) is 4.09. The smallest absolute Gasteiger partial charge is 0.240 e. The Balaban J connectivity index is 1.90. The van der Waals surface area contributed by atoms with E-state index in [0.29, 0.717) is 23.0 Å². The van der Waals surface area contributed by atoms with Gasteiger partial charge in [0.05, 0.1) is 24.7 Å². The maximum absolute atomic E-state index is 12.7. The highest BCUT2D eigenvalue weighted by atomic mass is 32.2. The molecule has 27 heavy (non-hydrogen) atoms. The van der Waals surface area contributed by atoms with Gasteiger partial charge in [0, 0.05) is 19.0 Å². The van der Waals surface area contributed by atoms with Crippen LogP contribution in [0.15, 0.2) is 51.9 Å². The highest BCUT2D eigenvalue weighted by Crippen LogP contribution is 2.30. The van der Waals surface area contributed by atoms with E-state index in [1.807, 2.05) is 12.1 Å². The van der Waals surface area contributed by atoms with E-state index in [2.05, 4.69) is 14.9 Å². The van der Waals surface area contributed by atoms with Crippen molar-refractivity contribution in [1.82, 2.24) is 14.9 Å². The van der Waals surface area contributed by atoms with Gasteiger partial charge in [-0.05, 0) is 24.3 Å². The summed E-state index contributed by atoms with van der Waals surface area (Å²) in [5.41, 5.74) is 1.15. The fourth-order valence-electron chi connectivity index (χ4n) is 2.54. The Bertz CT molecular complexity index is 1050. The molecule has 9 heteroatoms. The molecule has 3 aromatic rings. The molecule has 0 aliphatic rings. The second kappa shape index (κ2) is 7.77. The monoisotopic (exact) mass is 389 g/mol. The minimum Gasteiger partial charge on any atom is -0.496 e. The average Bonchev–Trinajstić information content (AvgIpc) is 3.12. The van der Waals surface area contributed by atoms with Crippen molar-refractivity contribution in [2.24, 2.45) is 0 Å². The average molecular weight is 389 g/mol. The second-order valence-electron chi connectivity index (χ2n) is 5.64. The van der Waals surface area contributed by atoms with Crippen LogP contribution in [0.25, 0.3) is 11.4 Å². The number of aryl methyl sites for hydroxylation is 1. The number of rotatable bonds is 7. The first-order valence-electron chi connectivity index (χ1n) is 8.05. The van der Waals surface area contributed by atoms with E-state index in [1.54, 1.807) is 25.1 Å².